The maximum Gasteiger partial charge on any atom is 0.333 e. The Morgan fingerprint density at radius 1 is 1.33 bits per heavy atom. The van der Waals surface area contributed by atoms with Crippen LogP contribution in [0.1, 0.15) is 12.7 Å². The first-order valence-electron chi connectivity index (χ1n) is 6.30. The number of H-pyrrole nitrogens is 1. The number of aromatic amines is 1. The first-order valence-corrected chi connectivity index (χ1v) is 6.30. The summed E-state index contributed by atoms with van der Waals surface area (Å²) in [6, 6.07) is 0. The van der Waals surface area contributed by atoms with E-state index in [1.807, 2.05) is 0 Å². The van der Waals surface area contributed by atoms with Gasteiger partial charge in [-0.05, 0) is 6.92 Å². The molecule has 2 aromatic heterocycles. The first-order chi connectivity index (χ1) is 9.82. The maximum atomic E-state index is 12.0. The van der Waals surface area contributed by atoms with Crippen molar-refractivity contribution in [3.8, 4) is 0 Å². The van der Waals surface area contributed by atoms with E-state index >= 15 is 0 Å². The van der Waals surface area contributed by atoms with Crippen LogP contribution in [-0.2, 0) is 30.0 Å². The van der Waals surface area contributed by atoms with E-state index in [-0.39, 0.29) is 17.8 Å². The van der Waals surface area contributed by atoms with Crippen molar-refractivity contribution >= 4 is 17.1 Å². The van der Waals surface area contributed by atoms with E-state index in [9.17, 15) is 14.4 Å². The zero-order chi connectivity index (χ0) is 15.7. The van der Waals surface area contributed by atoms with Crippen LogP contribution in [0.3, 0.4) is 0 Å². The molecule has 8 nitrogen and oxygen atoms in total. The van der Waals surface area contributed by atoms with Crippen LogP contribution in [0.25, 0.3) is 11.2 Å². The average molecular weight is 292 g/mol. The van der Waals surface area contributed by atoms with E-state index in [0.29, 0.717) is 17.8 Å². The summed E-state index contributed by atoms with van der Waals surface area (Å²) in [5, 5.41) is 0. The summed E-state index contributed by atoms with van der Waals surface area (Å²) < 4.78 is 7.25. The van der Waals surface area contributed by atoms with Gasteiger partial charge in [-0.1, -0.05) is 6.58 Å². The van der Waals surface area contributed by atoms with Crippen LogP contribution in [0.5, 0.6) is 0 Å². The van der Waals surface area contributed by atoms with Crippen LogP contribution in [0.2, 0.25) is 0 Å². The molecule has 112 valence electrons. The van der Waals surface area contributed by atoms with Gasteiger partial charge < -0.3 is 9.72 Å². The van der Waals surface area contributed by atoms with Gasteiger partial charge in [-0.2, -0.15) is 0 Å². The van der Waals surface area contributed by atoms with Gasteiger partial charge in [-0.3, -0.25) is 13.9 Å². The molecule has 0 unspecified atom stereocenters. The number of carbonyl (C=O) groups excluding carboxylic acids is 1. The van der Waals surface area contributed by atoms with Crippen molar-refractivity contribution in [3.05, 3.63) is 38.8 Å². The van der Waals surface area contributed by atoms with Crippen molar-refractivity contribution in [3.63, 3.8) is 0 Å². The Kier molecular flexibility index (Phi) is 3.79. The quantitative estimate of drug-likeness (QED) is 0.612. The molecule has 0 aromatic carbocycles. The second-order valence-electron chi connectivity index (χ2n) is 4.75. The van der Waals surface area contributed by atoms with Gasteiger partial charge in [0.15, 0.2) is 5.65 Å². The maximum absolute atomic E-state index is 12.0. The van der Waals surface area contributed by atoms with E-state index < -0.39 is 17.2 Å². The molecule has 0 amide bonds. The first kappa shape index (κ1) is 14.8. The monoisotopic (exact) mass is 292 g/mol. The molecule has 8 heteroatoms. The third kappa shape index (κ3) is 2.64. The fraction of sp³-hybridized carbons (Fsp3) is 0.385. The lowest BCUT2D eigenvalue weighted by Crippen LogP contribution is -2.36. The molecule has 0 bridgehead atoms. The number of rotatable bonds is 4. The smallest absolute Gasteiger partial charge is 0.333 e. The average Bonchev–Trinajstić information content (AvgIpc) is 2.87. The number of imidazole rings is 1. The third-order valence-corrected chi connectivity index (χ3v) is 3.06. The second kappa shape index (κ2) is 5.39. The SMILES string of the molecule is C=C(C)C(=O)OCCc1nc2c([nH]1)c(=O)n(C)c(=O)n2C. The number of esters is 1. The summed E-state index contributed by atoms with van der Waals surface area (Å²) in [4.78, 5) is 42.1. The normalized spacial score (nSPS) is 10.8. The Labute approximate surface area is 119 Å². The fourth-order valence-electron chi connectivity index (χ4n) is 1.86. The summed E-state index contributed by atoms with van der Waals surface area (Å²) in [6.45, 7) is 5.15. The van der Waals surface area contributed by atoms with E-state index in [2.05, 4.69) is 16.5 Å². The summed E-state index contributed by atoms with van der Waals surface area (Å²) in [5.74, 6) is -0.00718. The number of aryl methyl sites for hydroxylation is 1. The highest BCUT2D eigenvalue weighted by molar-refractivity contribution is 5.86. The van der Waals surface area contributed by atoms with Crippen LogP contribution >= 0.6 is 0 Å². The van der Waals surface area contributed by atoms with Gasteiger partial charge in [0.05, 0.1) is 6.61 Å². The number of carbonyl (C=O) groups is 1. The predicted molar refractivity (Wildman–Crippen MR) is 76.1 cm³/mol. The number of hydrogen-bond acceptors (Lipinski definition) is 5. The number of ether oxygens (including phenoxy) is 1. The Hall–Kier alpha value is -2.64. The number of nitrogens with zero attached hydrogens (tertiary/aromatic N) is 3. The fourth-order valence-corrected chi connectivity index (χ4v) is 1.86. The molecular formula is C13H16N4O4. The molecule has 0 atom stereocenters. The van der Waals surface area contributed by atoms with Crippen molar-refractivity contribution in [2.75, 3.05) is 6.61 Å². The molecule has 2 heterocycles. The molecule has 0 aliphatic carbocycles. The summed E-state index contributed by atoms with van der Waals surface area (Å²) in [6.07, 6.45) is 0.311. The summed E-state index contributed by atoms with van der Waals surface area (Å²) in [7, 11) is 2.94. The number of nitrogens with one attached hydrogen (secondary N) is 1. The van der Waals surface area contributed by atoms with E-state index in [0.717, 1.165) is 4.57 Å². The van der Waals surface area contributed by atoms with Gasteiger partial charge in [-0.25, -0.2) is 14.6 Å². The molecular weight excluding hydrogens is 276 g/mol. The molecule has 21 heavy (non-hydrogen) atoms. The number of aromatic nitrogens is 4. The standard InChI is InChI=1S/C13H16N4O4/c1-7(2)12(19)21-6-5-8-14-9-10(15-8)16(3)13(20)17(4)11(9)18/h1,5-6H2,2-4H3,(H,14,15). The molecule has 2 aromatic rings. The molecule has 0 aliphatic rings. The Morgan fingerprint density at radius 2 is 2.00 bits per heavy atom. The number of hydrogen-bond donors (Lipinski definition) is 1. The minimum absolute atomic E-state index is 0.111. The minimum Gasteiger partial charge on any atom is -0.462 e. The van der Waals surface area contributed by atoms with Gasteiger partial charge in [0.1, 0.15) is 11.3 Å². The highest BCUT2D eigenvalue weighted by atomic mass is 16.5. The van der Waals surface area contributed by atoms with Crippen LogP contribution < -0.4 is 11.2 Å². The molecule has 0 spiro atoms. The van der Waals surface area contributed by atoms with Crippen molar-refractivity contribution in [2.24, 2.45) is 14.1 Å². The minimum atomic E-state index is -0.477. The highest BCUT2D eigenvalue weighted by Gasteiger charge is 2.13. The zero-order valence-corrected chi connectivity index (χ0v) is 12.1. The summed E-state index contributed by atoms with van der Waals surface area (Å²) >= 11 is 0. The van der Waals surface area contributed by atoms with Crippen molar-refractivity contribution in [1.29, 1.82) is 0 Å². The van der Waals surface area contributed by atoms with Gasteiger partial charge in [0, 0.05) is 26.1 Å². The van der Waals surface area contributed by atoms with Gasteiger partial charge in [0.2, 0.25) is 0 Å². The van der Waals surface area contributed by atoms with E-state index in [4.69, 9.17) is 4.74 Å². The lowest BCUT2D eigenvalue weighted by molar-refractivity contribution is -0.138. The van der Waals surface area contributed by atoms with E-state index in [1.165, 1.54) is 18.7 Å². The third-order valence-electron chi connectivity index (χ3n) is 3.06. The van der Waals surface area contributed by atoms with E-state index in [1.54, 1.807) is 6.92 Å². The molecule has 0 aliphatic heterocycles. The largest absolute Gasteiger partial charge is 0.462 e. The lowest BCUT2D eigenvalue weighted by Gasteiger charge is -2.01. The van der Waals surface area contributed by atoms with Crippen LogP contribution in [0.15, 0.2) is 21.7 Å². The van der Waals surface area contributed by atoms with Gasteiger partial charge >= 0.3 is 11.7 Å². The Bertz CT molecular complexity index is 840. The number of fused-ring (bicyclic) bond motifs is 1. The van der Waals surface area contributed by atoms with Crippen molar-refractivity contribution in [1.82, 2.24) is 19.1 Å². The molecule has 0 saturated carbocycles. The predicted octanol–water partition coefficient (Wildman–Crippen LogP) is -0.378. The molecule has 0 radical (unpaired) electrons. The van der Waals surface area contributed by atoms with Gasteiger partial charge in [-0.15, -0.1) is 0 Å². The van der Waals surface area contributed by atoms with Crippen LogP contribution in [0.4, 0.5) is 0 Å². The zero-order valence-electron chi connectivity index (χ0n) is 12.1. The lowest BCUT2D eigenvalue weighted by atomic mass is 10.3. The highest BCUT2D eigenvalue weighted by Crippen LogP contribution is 2.05. The van der Waals surface area contributed by atoms with Crippen molar-refractivity contribution in [2.45, 2.75) is 13.3 Å². The van der Waals surface area contributed by atoms with Crippen LogP contribution in [-0.4, -0.2) is 31.7 Å². The van der Waals surface area contributed by atoms with Gasteiger partial charge in [0.25, 0.3) is 5.56 Å². The van der Waals surface area contributed by atoms with Crippen LogP contribution in [0, 0.1) is 0 Å². The second-order valence-corrected chi connectivity index (χ2v) is 4.75. The topological polar surface area (TPSA) is 99.0 Å². The van der Waals surface area contributed by atoms with Crippen molar-refractivity contribution < 1.29 is 9.53 Å². The molecule has 0 fully saturated rings. The summed E-state index contributed by atoms with van der Waals surface area (Å²) in [5.41, 5.74) is -0.0360. The Balaban J connectivity index is 2.28. The molecule has 2 rings (SSSR count). The molecule has 0 saturated heterocycles. The Morgan fingerprint density at radius 3 is 2.62 bits per heavy atom. The molecule has 1 N–H and O–H groups in total.